The van der Waals surface area contributed by atoms with Crippen LogP contribution in [0.15, 0.2) is 24.3 Å². The first-order valence-corrected chi connectivity index (χ1v) is 9.14. The molecule has 2 fully saturated rings. The van der Waals surface area contributed by atoms with Crippen molar-refractivity contribution < 1.29 is 29.5 Å². The molecule has 2 aliphatic heterocycles. The average Bonchev–Trinajstić information content (AvgIpc) is 2.60. The molecule has 2 saturated heterocycles. The van der Waals surface area contributed by atoms with Crippen LogP contribution in [0.3, 0.4) is 0 Å². The number of nitro groups is 1. The van der Waals surface area contributed by atoms with Crippen LogP contribution in [0.2, 0.25) is 0 Å². The molecule has 0 spiro atoms. The summed E-state index contributed by atoms with van der Waals surface area (Å²) in [4.78, 5) is 37.4. The molecule has 152 valence electrons. The minimum Gasteiger partial charge on any atom is -0.367 e. The molecule has 4 unspecified atom stereocenters. The van der Waals surface area contributed by atoms with Crippen molar-refractivity contribution in [3.63, 3.8) is 0 Å². The lowest BCUT2D eigenvalue weighted by Gasteiger charge is -2.61. The maximum atomic E-state index is 12.8. The molecule has 1 amide bonds. The zero-order valence-electron chi connectivity index (χ0n) is 15.9. The number of β-lactam (4-membered cyclic amide) rings is 1. The fourth-order valence-electron chi connectivity index (χ4n) is 4.24. The van der Waals surface area contributed by atoms with Crippen LogP contribution in [0.1, 0.15) is 26.3 Å². The topological polar surface area (TPSA) is 130 Å². The van der Waals surface area contributed by atoms with Crippen molar-refractivity contribution in [1.82, 2.24) is 4.90 Å². The van der Waals surface area contributed by atoms with Gasteiger partial charge in [-0.15, -0.1) is 0 Å². The molecule has 0 bridgehead atoms. The van der Waals surface area contributed by atoms with E-state index in [2.05, 4.69) is 0 Å². The Labute approximate surface area is 162 Å². The van der Waals surface area contributed by atoms with E-state index in [1.54, 1.807) is 18.7 Å². The number of aliphatic hydroxyl groups excluding tert-OH is 1. The number of nitro benzene ring substituents is 1. The molecular weight excluding hydrogens is 368 g/mol. The molecule has 0 aliphatic carbocycles. The summed E-state index contributed by atoms with van der Waals surface area (Å²) < 4.78 is 5.70. The van der Waals surface area contributed by atoms with Gasteiger partial charge in [0.2, 0.25) is 5.91 Å². The molecule has 1 aromatic carbocycles. The summed E-state index contributed by atoms with van der Waals surface area (Å²) in [6.07, 6.45) is -2.12. The molecule has 4 atom stereocenters. The quantitative estimate of drug-likeness (QED) is 0.318. The zero-order chi connectivity index (χ0) is 20.8. The van der Waals surface area contributed by atoms with Crippen LogP contribution < -0.4 is 0 Å². The number of amides is 1. The van der Waals surface area contributed by atoms with Gasteiger partial charge in [-0.05, 0) is 19.4 Å². The molecule has 2 aliphatic rings. The molecule has 9 nitrogen and oxygen atoms in total. The highest BCUT2D eigenvalue weighted by Crippen LogP contribution is 2.46. The Morgan fingerprint density at radius 2 is 1.96 bits per heavy atom. The number of nitrogens with zero attached hydrogens (tertiary/aromatic N) is 2. The van der Waals surface area contributed by atoms with Gasteiger partial charge in [0.25, 0.3) is 5.69 Å². The summed E-state index contributed by atoms with van der Waals surface area (Å²) in [6.45, 7) is 5.84. The number of ether oxygens (including phenoxy) is 1. The zero-order valence-corrected chi connectivity index (χ0v) is 15.9. The number of ketones is 1. The minimum absolute atomic E-state index is 0.0517. The van der Waals surface area contributed by atoms with E-state index in [4.69, 9.17) is 4.74 Å². The molecule has 0 radical (unpaired) electrons. The Bertz CT molecular complexity index is 790. The summed E-state index contributed by atoms with van der Waals surface area (Å²) in [6, 6.07) is 5.15. The van der Waals surface area contributed by atoms with E-state index in [-0.39, 0.29) is 30.0 Å². The number of non-ortho nitro benzene ring substituents is 1. The lowest BCUT2D eigenvalue weighted by molar-refractivity contribution is -0.384. The molecular formula is C19H24N2O7. The van der Waals surface area contributed by atoms with Crippen LogP contribution in [0.25, 0.3) is 0 Å². The Balaban J connectivity index is 1.80. The molecule has 2 heterocycles. The Morgan fingerprint density at radius 1 is 1.36 bits per heavy atom. The van der Waals surface area contributed by atoms with Gasteiger partial charge >= 0.3 is 0 Å². The Kier molecular flexibility index (Phi) is 5.26. The second-order valence-electron chi connectivity index (χ2n) is 7.97. The number of benzene rings is 1. The Hall–Kier alpha value is -2.36. The van der Waals surface area contributed by atoms with Crippen LogP contribution in [-0.2, 0) is 20.7 Å². The highest BCUT2D eigenvalue weighted by molar-refractivity contribution is 5.94. The molecule has 2 N–H and O–H groups in total. The number of carbonyl (C=O) groups is 2. The van der Waals surface area contributed by atoms with Gasteiger partial charge < -0.3 is 19.8 Å². The normalized spacial score (nSPS) is 27.1. The summed E-state index contributed by atoms with van der Waals surface area (Å²) in [5.41, 5.74) is -0.403. The van der Waals surface area contributed by atoms with Crippen molar-refractivity contribution in [2.45, 2.75) is 45.2 Å². The lowest BCUT2D eigenvalue weighted by atomic mass is 9.68. The van der Waals surface area contributed by atoms with Gasteiger partial charge in [0.05, 0.1) is 29.4 Å². The lowest BCUT2D eigenvalue weighted by Crippen LogP contribution is -2.76. The van der Waals surface area contributed by atoms with E-state index < -0.39 is 34.6 Å². The van der Waals surface area contributed by atoms with E-state index >= 15 is 0 Å². The minimum atomic E-state index is -1.97. The van der Waals surface area contributed by atoms with E-state index in [0.717, 1.165) is 0 Å². The molecule has 0 aromatic heterocycles. The summed E-state index contributed by atoms with van der Waals surface area (Å²) in [5.74, 6) is -2.97. The van der Waals surface area contributed by atoms with E-state index in [1.807, 2.05) is 6.92 Å². The number of aliphatic hydroxyl groups is 2. The van der Waals surface area contributed by atoms with Crippen LogP contribution in [-0.4, -0.2) is 56.4 Å². The van der Waals surface area contributed by atoms with Gasteiger partial charge in [0.1, 0.15) is 11.5 Å². The first kappa shape index (κ1) is 20.4. The van der Waals surface area contributed by atoms with Gasteiger partial charge in [-0.1, -0.05) is 19.1 Å². The summed E-state index contributed by atoms with van der Waals surface area (Å²) in [7, 11) is 0. The summed E-state index contributed by atoms with van der Waals surface area (Å²) >= 11 is 0. The van der Waals surface area contributed by atoms with Crippen molar-refractivity contribution in [2.75, 3.05) is 6.61 Å². The highest BCUT2D eigenvalue weighted by atomic mass is 16.6. The van der Waals surface area contributed by atoms with Gasteiger partial charge in [-0.2, -0.15) is 0 Å². The number of hydrogen-bond acceptors (Lipinski definition) is 7. The first-order valence-electron chi connectivity index (χ1n) is 9.14. The molecule has 0 saturated carbocycles. The van der Waals surface area contributed by atoms with Gasteiger partial charge in [0.15, 0.2) is 6.29 Å². The fraction of sp³-hybridized carbons (Fsp3) is 0.579. The Morgan fingerprint density at radius 3 is 2.50 bits per heavy atom. The van der Waals surface area contributed by atoms with Crippen molar-refractivity contribution in [1.29, 1.82) is 0 Å². The van der Waals surface area contributed by atoms with E-state index in [9.17, 15) is 29.9 Å². The van der Waals surface area contributed by atoms with Gasteiger partial charge in [-0.3, -0.25) is 19.7 Å². The molecule has 1 aromatic rings. The molecule has 9 heteroatoms. The van der Waals surface area contributed by atoms with Crippen LogP contribution in [0.5, 0.6) is 0 Å². The maximum Gasteiger partial charge on any atom is 0.269 e. The van der Waals surface area contributed by atoms with Crippen molar-refractivity contribution in [2.24, 2.45) is 17.8 Å². The number of carbonyl (C=O) groups excluding carboxylic acids is 2. The smallest absolute Gasteiger partial charge is 0.269 e. The third kappa shape index (κ3) is 3.41. The second-order valence-corrected chi connectivity index (χ2v) is 7.97. The number of hydrogen-bond donors (Lipinski definition) is 2. The van der Waals surface area contributed by atoms with Gasteiger partial charge in [0, 0.05) is 24.5 Å². The van der Waals surface area contributed by atoms with Crippen molar-refractivity contribution in [3.8, 4) is 0 Å². The van der Waals surface area contributed by atoms with Crippen molar-refractivity contribution in [3.05, 3.63) is 39.9 Å². The number of Topliss-reactive ketones (excluding diaryl/α,β-unsaturated/α-hetero) is 1. The molecule has 28 heavy (non-hydrogen) atoms. The summed E-state index contributed by atoms with van der Waals surface area (Å²) in [5, 5.41) is 30.5. The maximum absolute atomic E-state index is 12.8. The standard InChI is InChI=1S/C19H24N2O7/c1-10-9-28-19(2,3)20-16(10)15(17(20)23)14(18(24)25)13(22)8-11-4-6-12(7-5-11)21(26)27/h4-7,10,14-16,18,24-25H,8-9H2,1-3H3. The predicted molar refractivity (Wildman–Crippen MR) is 96.8 cm³/mol. The van der Waals surface area contributed by atoms with E-state index in [0.29, 0.717) is 12.2 Å². The monoisotopic (exact) mass is 392 g/mol. The number of fused-ring (bicyclic) bond motifs is 1. The van der Waals surface area contributed by atoms with E-state index in [1.165, 1.54) is 24.3 Å². The van der Waals surface area contributed by atoms with Crippen LogP contribution in [0, 0.1) is 27.9 Å². The SMILES string of the molecule is CC1COC(C)(C)N2C(=O)C(C(C(=O)Cc3ccc([N+](=O)[O-])cc3)C(O)O)C12. The van der Waals surface area contributed by atoms with Crippen molar-refractivity contribution >= 4 is 17.4 Å². The third-order valence-corrected chi connectivity index (χ3v) is 5.66. The number of rotatable bonds is 6. The largest absolute Gasteiger partial charge is 0.367 e. The molecule has 3 rings (SSSR count). The second kappa shape index (κ2) is 7.23. The van der Waals surface area contributed by atoms with Crippen LogP contribution >= 0.6 is 0 Å². The van der Waals surface area contributed by atoms with Crippen LogP contribution in [0.4, 0.5) is 5.69 Å². The first-order chi connectivity index (χ1) is 13.0. The highest BCUT2D eigenvalue weighted by Gasteiger charge is 2.62. The average molecular weight is 392 g/mol. The predicted octanol–water partition coefficient (Wildman–Crippen LogP) is 0.863. The third-order valence-electron chi connectivity index (χ3n) is 5.66. The fourth-order valence-corrected chi connectivity index (χ4v) is 4.24. The van der Waals surface area contributed by atoms with Gasteiger partial charge in [-0.25, -0.2) is 0 Å².